The third-order valence-corrected chi connectivity index (χ3v) is 4.65. The average Bonchev–Trinajstić information content (AvgIpc) is 2.56. The average molecular weight is 361 g/mol. The number of rotatable bonds is 5. The first kappa shape index (κ1) is 20.1. The van der Waals surface area contributed by atoms with E-state index in [0.717, 1.165) is 11.1 Å². The Balaban J connectivity index is 1.90. The Morgan fingerprint density at radius 2 is 1.92 bits per heavy atom. The molecule has 2 rings (SSSR count). The molecule has 7 nitrogen and oxygen atoms in total. The summed E-state index contributed by atoms with van der Waals surface area (Å²) < 4.78 is 5.32. The van der Waals surface area contributed by atoms with E-state index >= 15 is 0 Å². The molecule has 1 heterocycles. The molecule has 142 valence electrons. The van der Waals surface area contributed by atoms with Crippen molar-refractivity contribution in [2.45, 2.75) is 70.8 Å². The zero-order valence-corrected chi connectivity index (χ0v) is 15.8. The van der Waals surface area contributed by atoms with Gasteiger partial charge in [-0.05, 0) is 51.7 Å². The van der Waals surface area contributed by atoms with Gasteiger partial charge < -0.3 is 15.3 Å². The number of isocyanates is 1. The second kappa shape index (κ2) is 7.99. The van der Waals surface area contributed by atoms with E-state index in [9.17, 15) is 14.8 Å². The third kappa shape index (κ3) is 5.14. The SMILES string of the molecule is CC1(C)CC(NC(=O)OCc2cccc(CN=C=O)c2)CC(C)(C)N1O. The zero-order valence-electron chi connectivity index (χ0n) is 15.8. The number of benzene rings is 1. The molecule has 26 heavy (non-hydrogen) atoms. The number of carbonyl (C=O) groups is 1. The van der Waals surface area contributed by atoms with Crippen LogP contribution in [0.1, 0.15) is 51.7 Å². The molecule has 1 fully saturated rings. The number of alkyl carbamates (subject to hydrolysis) is 1. The lowest BCUT2D eigenvalue weighted by Gasteiger charge is -2.51. The lowest BCUT2D eigenvalue weighted by molar-refractivity contribution is -0.245. The van der Waals surface area contributed by atoms with Gasteiger partial charge in [-0.3, -0.25) is 0 Å². The van der Waals surface area contributed by atoms with Crippen molar-refractivity contribution in [2.75, 3.05) is 0 Å². The topological polar surface area (TPSA) is 91.2 Å². The molecule has 0 aliphatic carbocycles. The first-order valence-electron chi connectivity index (χ1n) is 8.68. The first-order chi connectivity index (χ1) is 12.1. The van der Waals surface area contributed by atoms with Gasteiger partial charge in [0.2, 0.25) is 6.08 Å². The maximum Gasteiger partial charge on any atom is 0.407 e. The van der Waals surface area contributed by atoms with Crippen LogP contribution in [0.3, 0.4) is 0 Å². The van der Waals surface area contributed by atoms with E-state index in [4.69, 9.17) is 4.74 Å². The number of nitrogens with one attached hydrogen (secondary N) is 1. The highest BCUT2D eigenvalue weighted by Gasteiger charge is 2.45. The molecule has 0 spiro atoms. The van der Waals surface area contributed by atoms with Gasteiger partial charge in [-0.25, -0.2) is 14.6 Å². The molecule has 1 aromatic rings. The highest BCUT2D eigenvalue weighted by molar-refractivity contribution is 5.67. The van der Waals surface area contributed by atoms with E-state index in [1.54, 1.807) is 0 Å². The summed E-state index contributed by atoms with van der Waals surface area (Å²) in [5.74, 6) is 0. The number of piperidine rings is 1. The number of aliphatic imine (C=N–C) groups is 1. The summed E-state index contributed by atoms with van der Waals surface area (Å²) in [6.07, 6.45) is 2.28. The number of hydrogen-bond donors (Lipinski definition) is 2. The van der Waals surface area contributed by atoms with E-state index in [2.05, 4.69) is 10.3 Å². The molecule has 1 aliphatic heterocycles. The Morgan fingerprint density at radius 1 is 1.31 bits per heavy atom. The molecule has 0 atom stereocenters. The van der Waals surface area contributed by atoms with Crippen LogP contribution in [-0.4, -0.2) is 39.6 Å². The maximum atomic E-state index is 12.2. The Kier molecular flexibility index (Phi) is 6.18. The van der Waals surface area contributed by atoms with Gasteiger partial charge in [0.05, 0.1) is 6.54 Å². The molecule has 0 bridgehead atoms. The van der Waals surface area contributed by atoms with Gasteiger partial charge in [0.15, 0.2) is 0 Å². The Hall–Kier alpha value is -2.21. The molecule has 1 amide bonds. The second-order valence-corrected chi connectivity index (χ2v) is 7.99. The summed E-state index contributed by atoms with van der Waals surface area (Å²) in [7, 11) is 0. The van der Waals surface area contributed by atoms with Crippen LogP contribution >= 0.6 is 0 Å². The third-order valence-electron chi connectivity index (χ3n) is 4.65. The van der Waals surface area contributed by atoms with E-state index in [-0.39, 0.29) is 19.2 Å². The van der Waals surface area contributed by atoms with Crippen molar-refractivity contribution in [1.29, 1.82) is 0 Å². The predicted octanol–water partition coefficient (Wildman–Crippen LogP) is 3.16. The molecular weight excluding hydrogens is 334 g/mol. The lowest BCUT2D eigenvalue weighted by atomic mass is 9.79. The molecule has 7 heteroatoms. The van der Waals surface area contributed by atoms with Crippen LogP contribution in [0.5, 0.6) is 0 Å². The highest BCUT2D eigenvalue weighted by Crippen LogP contribution is 2.36. The van der Waals surface area contributed by atoms with E-state index in [1.807, 2.05) is 52.0 Å². The summed E-state index contributed by atoms with van der Waals surface area (Å²) in [6.45, 7) is 8.18. The number of amides is 1. The molecule has 2 N–H and O–H groups in total. The van der Waals surface area contributed by atoms with Crippen molar-refractivity contribution < 1.29 is 19.5 Å². The molecule has 1 saturated heterocycles. The minimum absolute atomic E-state index is 0.0795. The minimum Gasteiger partial charge on any atom is -0.445 e. The standard InChI is InChI=1S/C19H27N3O4/c1-18(2)9-16(10-19(3,4)22(18)25)21-17(24)26-12-15-7-5-6-14(8-15)11-20-13-23/h5-8,16,25H,9-12H2,1-4H3,(H,21,24). The van der Waals surface area contributed by atoms with Gasteiger partial charge in [0.1, 0.15) is 6.61 Å². The van der Waals surface area contributed by atoms with E-state index in [1.165, 1.54) is 11.1 Å². The van der Waals surface area contributed by atoms with Crippen molar-refractivity contribution in [3.8, 4) is 0 Å². The summed E-state index contributed by atoms with van der Waals surface area (Å²) in [5.41, 5.74) is 0.804. The fourth-order valence-corrected chi connectivity index (χ4v) is 3.67. The fraction of sp³-hybridized carbons (Fsp3) is 0.579. The van der Waals surface area contributed by atoms with Crippen LogP contribution in [0.15, 0.2) is 29.3 Å². The van der Waals surface area contributed by atoms with Crippen LogP contribution in [0.2, 0.25) is 0 Å². The predicted molar refractivity (Wildman–Crippen MR) is 96.4 cm³/mol. The molecule has 0 radical (unpaired) electrons. The molecular formula is C19H27N3O4. The first-order valence-corrected chi connectivity index (χ1v) is 8.68. The van der Waals surface area contributed by atoms with Crippen molar-refractivity contribution in [2.24, 2.45) is 4.99 Å². The summed E-state index contributed by atoms with van der Waals surface area (Å²) >= 11 is 0. The van der Waals surface area contributed by atoms with E-state index < -0.39 is 17.2 Å². The monoisotopic (exact) mass is 361 g/mol. The minimum atomic E-state index is -0.482. The van der Waals surface area contributed by atoms with E-state index in [0.29, 0.717) is 12.8 Å². The van der Waals surface area contributed by atoms with Crippen LogP contribution in [0, 0.1) is 0 Å². The summed E-state index contributed by atoms with van der Waals surface area (Å²) in [4.78, 5) is 25.9. The Morgan fingerprint density at radius 3 is 2.54 bits per heavy atom. The second-order valence-electron chi connectivity index (χ2n) is 7.99. The quantitative estimate of drug-likeness (QED) is 0.621. The van der Waals surface area contributed by atoms with Crippen molar-refractivity contribution in [3.63, 3.8) is 0 Å². The summed E-state index contributed by atoms with van der Waals surface area (Å²) in [5, 5.41) is 14.6. The zero-order chi connectivity index (χ0) is 19.4. The maximum absolute atomic E-state index is 12.2. The molecule has 0 aromatic heterocycles. The summed E-state index contributed by atoms with van der Waals surface area (Å²) in [6, 6.07) is 7.28. The van der Waals surface area contributed by atoms with Crippen LogP contribution in [0.25, 0.3) is 0 Å². The van der Waals surface area contributed by atoms with Crippen LogP contribution in [-0.2, 0) is 22.7 Å². The van der Waals surface area contributed by atoms with Gasteiger partial charge in [0, 0.05) is 17.1 Å². The number of ether oxygens (including phenoxy) is 1. The number of nitrogens with zero attached hydrogens (tertiary/aromatic N) is 2. The normalized spacial score (nSPS) is 19.4. The van der Waals surface area contributed by atoms with Gasteiger partial charge >= 0.3 is 6.09 Å². The number of carbonyl (C=O) groups excluding carboxylic acids is 2. The van der Waals surface area contributed by atoms with Crippen molar-refractivity contribution >= 4 is 12.2 Å². The smallest absolute Gasteiger partial charge is 0.407 e. The largest absolute Gasteiger partial charge is 0.445 e. The van der Waals surface area contributed by atoms with Crippen molar-refractivity contribution in [3.05, 3.63) is 35.4 Å². The molecule has 1 aliphatic rings. The number of hydrogen-bond acceptors (Lipinski definition) is 6. The lowest BCUT2D eigenvalue weighted by Crippen LogP contribution is -2.62. The van der Waals surface area contributed by atoms with Crippen LogP contribution < -0.4 is 5.32 Å². The molecule has 0 saturated carbocycles. The van der Waals surface area contributed by atoms with Gasteiger partial charge in [-0.1, -0.05) is 24.3 Å². The Bertz CT molecular complexity index is 678. The van der Waals surface area contributed by atoms with Gasteiger partial charge in [-0.2, -0.15) is 5.06 Å². The Labute approximate surface area is 154 Å². The van der Waals surface area contributed by atoms with Gasteiger partial charge in [-0.15, -0.1) is 0 Å². The molecule has 0 unspecified atom stereocenters. The van der Waals surface area contributed by atoms with Crippen LogP contribution in [0.4, 0.5) is 4.79 Å². The molecule has 1 aromatic carbocycles. The fourth-order valence-electron chi connectivity index (χ4n) is 3.67. The highest BCUT2D eigenvalue weighted by atomic mass is 16.5. The van der Waals surface area contributed by atoms with Crippen molar-refractivity contribution in [1.82, 2.24) is 10.4 Å². The number of hydroxylamine groups is 2. The van der Waals surface area contributed by atoms with Gasteiger partial charge in [0.25, 0.3) is 0 Å².